The largest absolute Gasteiger partial charge is 0.490 e. The van der Waals surface area contributed by atoms with Gasteiger partial charge in [0.15, 0.2) is 11.5 Å². The van der Waals surface area contributed by atoms with Gasteiger partial charge < -0.3 is 14.7 Å². The smallest absolute Gasteiger partial charge is 0.161 e. The van der Waals surface area contributed by atoms with E-state index >= 15 is 0 Å². The van der Waals surface area contributed by atoms with Crippen molar-refractivity contribution in [3.63, 3.8) is 0 Å². The van der Waals surface area contributed by atoms with Crippen LogP contribution in [0.3, 0.4) is 0 Å². The van der Waals surface area contributed by atoms with Gasteiger partial charge in [-0.15, -0.1) is 0 Å². The topological polar surface area (TPSA) is 51.0 Å². The molecule has 2 aromatic carbocycles. The van der Waals surface area contributed by atoms with Gasteiger partial charge in [0.25, 0.3) is 0 Å². The first-order valence-corrected chi connectivity index (χ1v) is 6.92. The maximum atomic E-state index is 8.57. The van der Waals surface area contributed by atoms with Gasteiger partial charge in [-0.3, -0.25) is 0 Å². The normalized spacial score (nSPS) is 10.8. The Kier molecular flexibility index (Phi) is 5.46. The molecule has 0 aliphatic rings. The summed E-state index contributed by atoms with van der Waals surface area (Å²) < 4.78 is 11.3. The number of benzene rings is 2. The summed E-state index contributed by atoms with van der Waals surface area (Å²) in [5.41, 5.74) is 1.75. The van der Waals surface area contributed by atoms with Crippen LogP contribution < -0.4 is 9.47 Å². The molecule has 0 heterocycles. The Bertz CT molecular complexity index is 611. The van der Waals surface area contributed by atoms with Crippen LogP contribution in [-0.2, 0) is 6.61 Å². The molecule has 0 saturated heterocycles. The molecule has 5 heteroatoms. The molecule has 0 saturated carbocycles. The first-order valence-electron chi connectivity index (χ1n) is 6.54. The van der Waals surface area contributed by atoms with Gasteiger partial charge in [-0.05, 0) is 42.8 Å². The van der Waals surface area contributed by atoms with Crippen LogP contribution in [0, 0.1) is 0 Å². The monoisotopic (exact) mass is 305 g/mol. The van der Waals surface area contributed by atoms with Crippen molar-refractivity contribution in [2.45, 2.75) is 13.5 Å². The standard InChI is InChI=1S/C16H16ClNO3/c1-2-20-16-9-13(10-18-19)5-8-15(16)21-11-12-3-6-14(17)7-4-12/h3-10,19H,2,11H2,1H3/b18-10-. The van der Waals surface area contributed by atoms with Crippen molar-refractivity contribution in [2.75, 3.05) is 6.61 Å². The zero-order valence-corrected chi connectivity index (χ0v) is 12.4. The zero-order valence-electron chi connectivity index (χ0n) is 11.6. The minimum absolute atomic E-state index is 0.421. The number of oxime groups is 1. The van der Waals surface area contributed by atoms with E-state index in [9.17, 15) is 0 Å². The van der Waals surface area contributed by atoms with Crippen LogP contribution in [-0.4, -0.2) is 18.0 Å². The van der Waals surface area contributed by atoms with Gasteiger partial charge in [-0.1, -0.05) is 28.9 Å². The number of halogens is 1. The lowest BCUT2D eigenvalue weighted by atomic mass is 10.2. The molecule has 0 aromatic heterocycles. The second-order valence-electron chi connectivity index (χ2n) is 4.30. The van der Waals surface area contributed by atoms with Gasteiger partial charge in [0, 0.05) is 10.6 Å². The van der Waals surface area contributed by atoms with E-state index in [0.717, 1.165) is 11.1 Å². The first-order chi connectivity index (χ1) is 10.2. The summed E-state index contributed by atoms with van der Waals surface area (Å²) in [6, 6.07) is 12.8. The Morgan fingerprint density at radius 2 is 1.86 bits per heavy atom. The Morgan fingerprint density at radius 1 is 1.10 bits per heavy atom. The van der Waals surface area contributed by atoms with E-state index in [2.05, 4.69) is 5.16 Å². The van der Waals surface area contributed by atoms with Crippen LogP contribution in [0.1, 0.15) is 18.1 Å². The van der Waals surface area contributed by atoms with Crippen LogP contribution in [0.4, 0.5) is 0 Å². The molecule has 4 nitrogen and oxygen atoms in total. The number of ether oxygens (including phenoxy) is 2. The third-order valence-corrected chi connectivity index (χ3v) is 3.03. The van der Waals surface area contributed by atoms with Crippen LogP contribution in [0.2, 0.25) is 5.02 Å². The molecule has 0 radical (unpaired) electrons. The summed E-state index contributed by atoms with van der Waals surface area (Å²) in [6.07, 6.45) is 1.34. The average Bonchev–Trinajstić information content (AvgIpc) is 2.49. The highest BCUT2D eigenvalue weighted by molar-refractivity contribution is 6.30. The lowest BCUT2D eigenvalue weighted by molar-refractivity contribution is 0.269. The SMILES string of the molecule is CCOc1cc(/C=N\O)ccc1OCc1ccc(Cl)cc1. The van der Waals surface area contributed by atoms with E-state index in [-0.39, 0.29) is 0 Å². The Morgan fingerprint density at radius 3 is 2.52 bits per heavy atom. The van der Waals surface area contributed by atoms with Gasteiger partial charge in [0.1, 0.15) is 6.61 Å². The quantitative estimate of drug-likeness (QED) is 0.496. The van der Waals surface area contributed by atoms with Crippen LogP contribution in [0.5, 0.6) is 11.5 Å². The second-order valence-corrected chi connectivity index (χ2v) is 4.74. The van der Waals surface area contributed by atoms with Crippen molar-refractivity contribution in [1.82, 2.24) is 0 Å². The second kappa shape index (κ2) is 7.55. The molecule has 0 atom stereocenters. The fraction of sp³-hybridized carbons (Fsp3) is 0.188. The van der Waals surface area contributed by atoms with E-state index < -0.39 is 0 Å². The number of hydrogen-bond acceptors (Lipinski definition) is 4. The molecule has 1 N–H and O–H groups in total. The molecule has 0 aliphatic carbocycles. The van der Waals surface area contributed by atoms with Gasteiger partial charge >= 0.3 is 0 Å². The molecule has 21 heavy (non-hydrogen) atoms. The number of nitrogens with zero attached hydrogens (tertiary/aromatic N) is 1. The van der Waals surface area contributed by atoms with Crippen molar-refractivity contribution >= 4 is 17.8 Å². The van der Waals surface area contributed by atoms with Crippen molar-refractivity contribution in [1.29, 1.82) is 0 Å². The molecule has 0 unspecified atom stereocenters. The zero-order chi connectivity index (χ0) is 15.1. The van der Waals surface area contributed by atoms with Crippen molar-refractivity contribution in [2.24, 2.45) is 5.16 Å². The molecule has 110 valence electrons. The molecule has 2 aromatic rings. The van der Waals surface area contributed by atoms with E-state index in [1.165, 1.54) is 6.21 Å². The molecular formula is C16H16ClNO3. The highest BCUT2D eigenvalue weighted by atomic mass is 35.5. The molecule has 0 amide bonds. The van der Waals surface area contributed by atoms with E-state index in [0.29, 0.717) is 29.7 Å². The van der Waals surface area contributed by atoms with Gasteiger partial charge in [-0.25, -0.2) is 0 Å². The highest BCUT2D eigenvalue weighted by Gasteiger charge is 2.06. The third kappa shape index (κ3) is 4.39. The number of hydrogen-bond donors (Lipinski definition) is 1. The summed E-state index contributed by atoms with van der Waals surface area (Å²) in [6.45, 7) is 2.84. The lowest BCUT2D eigenvalue weighted by Gasteiger charge is -2.12. The average molecular weight is 306 g/mol. The molecule has 2 rings (SSSR count). The Labute approximate surface area is 128 Å². The fourth-order valence-corrected chi connectivity index (χ4v) is 1.93. The predicted molar refractivity (Wildman–Crippen MR) is 82.8 cm³/mol. The summed E-state index contributed by atoms with van der Waals surface area (Å²) in [5, 5.41) is 12.3. The van der Waals surface area contributed by atoms with E-state index in [1.807, 2.05) is 31.2 Å². The fourth-order valence-electron chi connectivity index (χ4n) is 1.80. The van der Waals surface area contributed by atoms with E-state index in [4.69, 9.17) is 26.3 Å². The summed E-state index contributed by atoms with van der Waals surface area (Å²) in [7, 11) is 0. The van der Waals surface area contributed by atoms with Crippen LogP contribution in [0.25, 0.3) is 0 Å². The first kappa shape index (κ1) is 15.2. The van der Waals surface area contributed by atoms with Gasteiger partial charge in [-0.2, -0.15) is 0 Å². The summed E-state index contributed by atoms with van der Waals surface area (Å²) >= 11 is 5.85. The van der Waals surface area contributed by atoms with Crippen molar-refractivity contribution < 1.29 is 14.7 Å². The van der Waals surface area contributed by atoms with Crippen molar-refractivity contribution in [3.8, 4) is 11.5 Å². The summed E-state index contributed by atoms with van der Waals surface area (Å²) in [5.74, 6) is 1.26. The van der Waals surface area contributed by atoms with Crippen molar-refractivity contribution in [3.05, 3.63) is 58.6 Å². The highest BCUT2D eigenvalue weighted by Crippen LogP contribution is 2.29. The van der Waals surface area contributed by atoms with Gasteiger partial charge in [0.2, 0.25) is 0 Å². The minimum Gasteiger partial charge on any atom is -0.490 e. The predicted octanol–water partition coefficient (Wildman–Crippen LogP) is 4.13. The Balaban J connectivity index is 2.12. The van der Waals surface area contributed by atoms with Gasteiger partial charge in [0.05, 0.1) is 12.8 Å². The molecule has 0 spiro atoms. The maximum Gasteiger partial charge on any atom is 0.161 e. The third-order valence-electron chi connectivity index (χ3n) is 2.78. The molecular weight excluding hydrogens is 290 g/mol. The number of rotatable bonds is 6. The van der Waals surface area contributed by atoms with Crippen LogP contribution >= 0.6 is 11.6 Å². The molecule has 0 fully saturated rings. The minimum atomic E-state index is 0.421. The molecule has 0 aliphatic heterocycles. The van der Waals surface area contributed by atoms with Crippen LogP contribution in [0.15, 0.2) is 47.6 Å². The van der Waals surface area contributed by atoms with E-state index in [1.54, 1.807) is 18.2 Å². The Hall–Kier alpha value is -2.20. The maximum absolute atomic E-state index is 8.57. The molecule has 0 bridgehead atoms. The lowest BCUT2D eigenvalue weighted by Crippen LogP contribution is -2.00. The summed E-state index contributed by atoms with van der Waals surface area (Å²) in [4.78, 5) is 0.